The van der Waals surface area contributed by atoms with Crippen LogP contribution >= 0.6 is 15.9 Å². The van der Waals surface area contributed by atoms with Crippen LogP contribution < -0.4 is 10.2 Å². The minimum absolute atomic E-state index is 0.102. The number of halogens is 1. The van der Waals surface area contributed by atoms with Crippen LogP contribution in [0.25, 0.3) is 0 Å². The Morgan fingerprint density at radius 3 is 2.89 bits per heavy atom. The van der Waals surface area contributed by atoms with Gasteiger partial charge in [-0.3, -0.25) is 0 Å². The first-order valence-electron chi connectivity index (χ1n) is 6.25. The smallest absolute Gasteiger partial charge is 0.224 e. The Balaban J connectivity index is 2.03. The maximum absolute atomic E-state index is 9.31. The SMILES string of the molecule is CCNc1ncc(Br)c(N(C)CC2CC(O)C2)n1. The van der Waals surface area contributed by atoms with Gasteiger partial charge in [-0.05, 0) is 41.6 Å². The van der Waals surface area contributed by atoms with Crippen molar-refractivity contribution in [3.63, 3.8) is 0 Å². The normalized spacial score (nSPS) is 22.4. The fourth-order valence-corrected chi connectivity index (χ4v) is 2.69. The van der Waals surface area contributed by atoms with E-state index in [1.165, 1.54) is 0 Å². The van der Waals surface area contributed by atoms with E-state index >= 15 is 0 Å². The molecule has 0 saturated heterocycles. The van der Waals surface area contributed by atoms with E-state index in [2.05, 4.69) is 36.1 Å². The van der Waals surface area contributed by atoms with E-state index < -0.39 is 0 Å². The van der Waals surface area contributed by atoms with Crippen molar-refractivity contribution in [1.29, 1.82) is 0 Å². The molecule has 1 heterocycles. The summed E-state index contributed by atoms with van der Waals surface area (Å²) in [6.45, 7) is 3.74. The van der Waals surface area contributed by atoms with Gasteiger partial charge >= 0.3 is 0 Å². The van der Waals surface area contributed by atoms with E-state index in [1.54, 1.807) is 6.20 Å². The molecule has 1 aromatic heterocycles. The van der Waals surface area contributed by atoms with Gasteiger partial charge in [-0.2, -0.15) is 4.98 Å². The second kappa shape index (κ2) is 5.84. The summed E-state index contributed by atoms with van der Waals surface area (Å²) in [4.78, 5) is 10.8. The van der Waals surface area contributed by atoms with E-state index in [9.17, 15) is 5.11 Å². The standard InChI is InChI=1S/C12H19BrN4O/c1-3-14-12-15-6-10(13)11(16-12)17(2)7-8-4-9(18)5-8/h6,8-9,18H,3-5,7H2,1-2H3,(H,14,15,16). The zero-order chi connectivity index (χ0) is 13.1. The van der Waals surface area contributed by atoms with Crippen molar-refractivity contribution in [3.05, 3.63) is 10.7 Å². The molecule has 1 aliphatic carbocycles. The quantitative estimate of drug-likeness (QED) is 0.869. The number of aliphatic hydroxyl groups excluding tert-OH is 1. The molecular weight excluding hydrogens is 296 g/mol. The molecule has 0 atom stereocenters. The third-order valence-electron chi connectivity index (χ3n) is 3.16. The van der Waals surface area contributed by atoms with Gasteiger partial charge in [0.2, 0.25) is 5.95 Å². The van der Waals surface area contributed by atoms with Crippen molar-refractivity contribution in [2.24, 2.45) is 5.92 Å². The van der Waals surface area contributed by atoms with E-state index in [-0.39, 0.29) is 6.10 Å². The number of aliphatic hydroxyl groups is 1. The second-order valence-corrected chi connectivity index (χ2v) is 5.62. The zero-order valence-corrected chi connectivity index (χ0v) is 12.3. The number of hydrogen-bond donors (Lipinski definition) is 2. The molecule has 5 nitrogen and oxygen atoms in total. The third kappa shape index (κ3) is 3.11. The molecule has 2 N–H and O–H groups in total. The summed E-state index contributed by atoms with van der Waals surface area (Å²) in [5, 5.41) is 12.4. The molecule has 1 fully saturated rings. The highest BCUT2D eigenvalue weighted by Crippen LogP contribution is 2.30. The lowest BCUT2D eigenvalue weighted by Crippen LogP contribution is -2.37. The lowest BCUT2D eigenvalue weighted by molar-refractivity contribution is 0.0464. The summed E-state index contributed by atoms with van der Waals surface area (Å²) >= 11 is 3.48. The number of rotatable bonds is 5. The lowest BCUT2D eigenvalue weighted by Gasteiger charge is -2.35. The van der Waals surface area contributed by atoms with Gasteiger partial charge in [0, 0.05) is 26.3 Å². The van der Waals surface area contributed by atoms with Gasteiger partial charge in [0.25, 0.3) is 0 Å². The van der Waals surface area contributed by atoms with Crippen LogP contribution in [0.1, 0.15) is 19.8 Å². The van der Waals surface area contributed by atoms with Crippen LogP contribution in [0.2, 0.25) is 0 Å². The molecule has 1 aromatic rings. The van der Waals surface area contributed by atoms with Gasteiger partial charge in [0.1, 0.15) is 5.82 Å². The van der Waals surface area contributed by atoms with Crippen LogP contribution in [0.3, 0.4) is 0 Å². The van der Waals surface area contributed by atoms with Crippen LogP contribution in [0.15, 0.2) is 10.7 Å². The first-order valence-corrected chi connectivity index (χ1v) is 7.05. The first kappa shape index (κ1) is 13.5. The second-order valence-electron chi connectivity index (χ2n) is 4.77. The Morgan fingerprint density at radius 1 is 1.56 bits per heavy atom. The molecule has 0 radical (unpaired) electrons. The number of hydrogen-bond acceptors (Lipinski definition) is 5. The zero-order valence-electron chi connectivity index (χ0n) is 10.7. The summed E-state index contributed by atoms with van der Waals surface area (Å²) in [7, 11) is 2.02. The number of anilines is 2. The Hall–Kier alpha value is -0.880. The minimum atomic E-state index is -0.102. The predicted molar refractivity (Wildman–Crippen MR) is 75.9 cm³/mol. The minimum Gasteiger partial charge on any atom is -0.393 e. The van der Waals surface area contributed by atoms with E-state index in [0.717, 1.165) is 36.2 Å². The highest BCUT2D eigenvalue weighted by molar-refractivity contribution is 9.10. The van der Waals surface area contributed by atoms with Crippen molar-refractivity contribution >= 4 is 27.7 Å². The average Bonchev–Trinajstić information content (AvgIpc) is 2.30. The molecule has 0 unspecified atom stereocenters. The molecule has 0 spiro atoms. The highest BCUT2D eigenvalue weighted by atomic mass is 79.9. The summed E-state index contributed by atoms with van der Waals surface area (Å²) < 4.78 is 0.895. The molecule has 6 heteroatoms. The van der Waals surface area contributed by atoms with Crippen LogP contribution in [0, 0.1) is 5.92 Å². The summed E-state index contributed by atoms with van der Waals surface area (Å²) in [6, 6.07) is 0. The van der Waals surface area contributed by atoms with Gasteiger partial charge in [0.05, 0.1) is 10.6 Å². The lowest BCUT2D eigenvalue weighted by atomic mass is 9.82. The number of nitrogens with one attached hydrogen (secondary N) is 1. The Kier molecular flexibility index (Phi) is 4.40. The van der Waals surface area contributed by atoms with Crippen LogP contribution in [0.5, 0.6) is 0 Å². The molecule has 0 bridgehead atoms. The maximum atomic E-state index is 9.31. The third-order valence-corrected chi connectivity index (χ3v) is 3.72. The van der Waals surface area contributed by atoms with Crippen molar-refractivity contribution in [3.8, 4) is 0 Å². The molecule has 0 amide bonds. The van der Waals surface area contributed by atoms with E-state index in [1.807, 2.05) is 14.0 Å². The largest absolute Gasteiger partial charge is 0.393 e. The van der Waals surface area contributed by atoms with Crippen LogP contribution in [-0.4, -0.2) is 41.3 Å². The van der Waals surface area contributed by atoms with E-state index in [4.69, 9.17) is 0 Å². The maximum Gasteiger partial charge on any atom is 0.224 e. The number of nitrogens with zero attached hydrogens (tertiary/aromatic N) is 3. The Bertz CT molecular complexity index is 409. The van der Waals surface area contributed by atoms with E-state index in [0.29, 0.717) is 11.9 Å². The number of aromatic nitrogens is 2. The topological polar surface area (TPSA) is 61.3 Å². The summed E-state index contributed by atoms with van der Waals surface area (Å²) in [6.07, 6.45) is 3.46. The van der Waals surface area contributed by atoms with Gasteiger partial charge in [-0.15, -0.1) is 0 Å². The summed E-state index contributed by atoms with van der Waals surface area (Å²) in [5.74, 6) is 2.10. The molecule has 0 aromatic carbocycles. The summed E-state index contributed by atoms with van der Waals surface area (Å²) in [5.41, 5.74) is 0. The molecule has 0 aliphatic heterocycles. The van der Waals surface area contributed by atoms with Crippen LogP contribution in [-0.2, 0) is 0 Å². The monoisotopic (exact) mass is 314 g/mol. The van der Waals surface area contributed by atoms with Crippen molar-refractivity contribution in [2.45, 2.75) is 25.9 Å². The molecule has 100 valence electrons. The van der Waals surface area contributed by atoms with Crippen molar-refractivity contribution in [2.75, 3.05) is 30.4 Å². The first-order chi connectivity index (χ1) is 8.60. The predicted octanol–water partition coefficient (Wildman–Crippen LogP) is 1.88. The Morgan fingerprint density at radius 2 is 2.28 bits per heavy atom. The average molecular weight is 315 g/mol. The molecule has 18 heavy (non-hydrogen) atoms. The fraction of sp³-hybridized carbons (Fsp3) is 0.667. The Labute approximate surface area is 116 Å². The van der Waals surface area contributed by atoms with Gasteiger partial charge in [-0.25, -0.2) is 4.98 Å². The van der Waals surface area contributed by atoms with Gasteiger partial charge in [0.15, 0.2) is 0 Å². The molecular formula is C12H19BrN4O. The highest BCUT2D eigenvalue weighted by Gasteiger charge is 2.28. The van der Waals surface area contributed by atoms with Gasteiger partial charge in [-0.1, -0.05) is 0 Å². The molecule has 1 aliphatic rings. The van der Waals surface area contributed by atoms with Crippen molar-refractivity contribution < 1.29 is 5.11 Å². The fourth-order valence-electron chi connectivity index (χ4n) is 2.19. The molecule has 2 rings (SSSR count). The van der Waals surface area contributed by atoms with Crippen LogP contribution in [0.4, 0.5) is 11.8 Å². The van der Waals surface area contributed by atoms with Crippen molar-refractivity contribution in [1.82, 2.24) is 9.97 Å². The molecule has 1 saturated carbocycles. The van der Waals surface area contributed by atoms with Gasteiger partial charge < -0.3 is 15.3 Å².